The van der Waals surface area contributed by atoms with Gasteiger partial charge < -0.3 is 5.73 Å². The predicted octanol–water partition coefficient (Wildman–Crippen LogP) is 1.76. The third-order valence-electron chi connectivity index (χ3n) is 3.53. The molecule has 3 heteroatoms. The molecule has 0 aromatic rings. The molecule has 1 aliphatic heterocycles. The number of primary amides is 1. The van der Waals surface area contributed by atoms with Gasteiger partial charge in [-0.2, -0.15) is 0 Å². The molecule has 0 aromatic heterocycles. The lowest BCUT2D eigenvalue weighted by molar-refractivity contribution is -0.123. The van der Waals surface area contributed by atoms with E-state index in [4.69, 9.17) is 5.73 Å². The van der Waals surface area contributed by atoms with Crippen LogP contribution in [0.1, 0.15) is 46.5 Å². The summed E-state index contributed by atoms with van der Waals surface area (Å²) in [6.07, 6.45) is 4.42. The molecule has 0 aromatic carbocycles. The maximum absolute atomic E-state index is 11.3. The van der Waals surface area contributed by atoms with Crippen molar-refractivity contribution in [1.82, 2.24) is 4.90 Å². The highest BCUT2D eigenvalue weighted by molar-refractivity contribution is 5.79. The van der Waals surface area contributed by atoms with Gasteiger partial charge in [0, 0.05) is 0 Å². The summed E-state index contributed by atoms with van der Waals surface area (Å²) >= 11 is 0. The smallest absolute Gasteiger partial charge is 0.234 e. The lowest BCUT2D eigenvalue weighted by Gasteiger charge is -2.28. The second-order valence-electron chi connectivity index (χ2n) is 5.38. The fraction of sp³-hybridized carbons (Fsp3) is 0.917. The Morgan fingerprint density at radius 2 is 2.07 bits per heavy atom. The SMILES string of the molecule is CCC(C(N)=O)N1CCCC(C)(C)CC1. The highest BCUT2D eigenvalue weighted by Gasteiger charge is 2.28. The summed E-state index contributed by atoms with van der Waals surface area (Å²) in [5, 5.41) is 0. The first kappa shape index (κ1) is 12.5. The maximum atomic E-state index is 11.3. The molecular formula is C12H24N2O. The molecule has 1 unspecified atom stereocenters. The lowest BCUT2D eigenvalue weighted by Crippen LogP contribution is -2.44. The Hall–Kier alpha value is -0.570. The van der Waals surface area contributed by atoms with Crippen LogP contribution in [0.25, 0.3) is 0 Å². The van der Waals surface area contributed by atoms with Crippen molar-refractivity contribution in [3.63, 3.8) is 0 Å². The van der Waals surface area contributed by atoms with E-state index in [2.05, 4.69) is 18.7 Å². The van der Waals surface area contributed by atoms with E-state index in [-0.39, 0.29) is 11.9 Å². The minimum atomic E-state index is -0.169. The van der Waals surface area contributed by atoms with Gasteiger partial charge in [0.25, 0.3) is 0 Å². The highest BCUT2D eigenvalue weighted by Crippen LogP contribution is 2.30. The molecule has 88 valence electrons. The molecule has 1 rings (SSSR count). The van der Waals surface area contributed by atoms with Gasteiger partial charge in [0.1, 0.15) is 0 Å². The number of nitrogens with zero attached hydrogens (tertiary/aromatic N) is 1. The van der Waals surface area contributed by atoms with Crippen LogP contribution in [-0.2, 0) is 4.79 Å². The van der Waals surface area contributed by atoms with Crippen LogP contribution in [0.3, 0.4) is 0 Å². The fourth-order valence-corrected chi connectivity index (χ4v) is 2.39. The minimum absolute atomic E-state index is 0.0566. The van der Waals surface area contributed by atoms with E-state index < -0.39 is 0 Å². The minimum Gasteiger partial charge on any atom is -0.368 e. The van der Waals surface area contributed by atoms with Gasteiger partial charge in [0.15, 0.2) is 0 Å². The fourth-order valence-electron chi connectivity index (χ4n) is 2.39. The van der Waals surface area contributed by atoms with Crippen molar-refractivity contribution in [2.45, 2.75) is 52.5 Å². The van der Waals surface area contributed by atoms with Crippen LogP contribution in [0.2, 0.25) is 0 Å². The molecule has 0 spiro atoms. The van der Waals surface area contributed by atoms with Crippen molar-refractivity contribution in [2.24, 2.45) is 11.1 Å². The number of amides is 1. The largest absolute Gasteiger partial charge is 0.368 e. The van der Waals surface area contributed by atoms with Crippen LogP contribution in [0.5, 0.6) is 0 Å². The van der Waals surface area contributed by atoms with Crippen LogP contribution in [0.15, 0.2) is 0 Å². The van der Waals surface area contributed by atoms with E-state index in [1.165, 1.54) is 12.8 Å². The van der Waals surface area contributed by atoms with Crippen molar-refractivity contribution in [3.05, 3.63) is 0 Å². The first-order valence-corrected chi connectivity index (χ1v) is 5.99. The van der Waals surface area contributed by atoms with Crippen LogP contribution < -0.4 is 5.73 Å². The van der Waals surface area contributed by atoms with E-state index in [0.717, 1.165) is 25.9 Å². The van der Waals surface area contributed by atoms with Gasteiger partial charge in [-0.15, -0.1) is 0 Å². The second kappa shape index (κ2) is 4.97. The van der Waals surface area contributed by atoms with Crippen molar-refractivity contribution in [2.75, 3.05) is 13.1 Å². The molecule has 0 saturated carbocycles. The Labute approximate surface area is 93.0 Å². The number of carbonyl (C=O) groups excluding carboxylic acids is 1. The van der Waals surface area contributed by atoms with Gasteiger partial charge in [-0.1, -0.05) is 20.8 Å². The Bertz CT molecular complexity index is 226. The average Bonchev–Trinajstić information content (AvgIpc) is 2.28. The third kappa shape index (κ3) is 3.49. The second-order valence-corrected chi connectivity index (χ2v) is 5.38. The highest BCUT2D eigenvalue weighted by atomic mass is 16.1. The van der Waals surface area contributed by atoms with Crippen LogP contribution >= 0.6 is 0 Å². The van der Waals surface area contributed by atoms with Crippen molar-refractivity contribution in [3.8, 4) is 0 Å². The number of hydrogen-bond donors (Lipinski definition) is 1. The van der Waals surface area contributed by atoms with E-state index in [0.29, 0.717) is 5.41 Å². The van der Waals surface area contributed by atoms with Gasteiger partial charge >= 0.3 is 0 Å². The number of hydrogen-bond acceptors (Lipinski definition) is 2. The molecule has 3 nitrogen and oxygen atoms in total. The molecule has 1 heterocycles. The molecule has 1 amide bonds. The zero-order valence-corrected chi connectivity index (χ0v) is 10.3. The molecule has 0 radical (unpaired) electrons. The van der Waals surface area contributed by atoms with Crippen LogP contribution in [0.4, 0.5) is 0 Å². The maximum Gasteiger partial charge on any atom is 0.234 e. The van der Waals surface area contributed by atoms with Gasteiger partial charge in [-0.25, -0.2) is 0 Å². The van der Waals surface area contributed by atoms with Crippen LogP contribution in [0, 0.1) is 5.41 Å². The number of rotatable bonds is 3. The molecule has 0 aliphatic carbocycles. The molecular weight excluding hydrogens is 188 g/mol. The van der Waals surface area contributed by atoms with Crippen molar-refractivity contribution < 1.29 is 4.79 Å². The zero-order valence-electron chi connectivity index (χ0n) is 10.3. The summed E-state index contributed by atoms with van der Waals surface area (Å²) in [6, 6.07) is -0.0566. The first-order valence-electron chi connectivity index (χ1n) is 5.99. The van der Waals surface area contributed by atoms with E-state index >= 15 is 0 Å². The third-order valence-corrected chi connectivity index (χ3v) is 3.53. The Kier molecular flexibility index (Phi) is 4.14. The van der Waals surface area contributed by atoms with E-state index in [9.17, 15) is 4.79 Å². The normalized spacial score (nSPS) is 24.5. The molecule has 2 N–H and O–H groups in total. The van der Waals surface area contributed by atoms with E-state index in [1.54, 1.807) is 0 Å². The average molecular weight is 212 g/mol. The number of nitrogens with two attached hydrogens (primary N) is 1. The summed E-state index contributed by atoms with van der Waals surface area (Å²) in [6.45, 7) is 8.67. The molecule has 0 bridgehead atoms. The number of likely N-dealkylation sites (tertiary alicyclic amines) is 1. The van der Waals surface area contributed by atoms with Crippen molar-refractivity contribution >= 4 is 5.91 Å². The monoisotopic (exact) mass is 212 g/mol. The topological polar surface area (TPSA) is 46.3 Å². The lowest BCUT2D eigenvalue weighted by atomic mass is 9.85. The summed E-state index contributed by atoms with van der Waals surface area (Å²) in [5.74, 6) is -0.169. The quantitative estimate of drug-likeness (QED) is 0.775. The van der Waals surface area contributed by atoms with Gasteiger partial charge in [-0.05, 0) is 44.2 Å². The molecule has 1 atom stereocenters. The first-order chi connectivity index (χ1) is 6.96. The molecule has 1 saturated heterocycles. The molecule has 15 heavy (non-hydrogen) atoms. The van der Waals surface area contributed by atoms with Crippen molar-refractivity contribution in [1.29, 1.82) is 0 Å². The summed E-state index contributed by atoms with van der Waals surface area (Å²) in [7, 11) is 0. The number of carbonyl (C=O) groups is 1. The molecule has 1 aliphatic rings. The Balaban J connectivity index is 2.60. The standard InChI is InChI=1S/C12H24N2O/c1-4-10(11(13)15)14-8-5-6-12(2,3)7-9-14/h10H,4-9H2,1-3H3,(H2,13,15). The van der Waals surface area contributed by atoms with Crippen LogP contribution in [-0.4, -0.2) is 29.9 Å². The van der Waals surface area contributed by atoms with E-state index in [1.807, 2.05) is 6.92 Å². The predicted molar refractivity (Wildman–Crippen MR) is 62.5 cm³/mol. The zero-order chi connectivity index (χ0) is 11.5. The summed E-state index contributed by atoms with van der Waals surface area (Å²) < 4.78 is 0. The van der Waals surface area contributed by atoms with Gasteiger partial charge in [0.05, 0.1) is 6.04 Å². The van der Waals surface area contributed by atoms with Gasteiger partial charge in [-0.3, -0.25) is 9.69 Å². The Morgan fingerprint density at radius 1 is 1.40 bits per heavy atom. The summed E-state index contributed by atoms with van der Waals surface area (Å²) in [4.78, 5) is 13.5. The van der Waals surface area contributed by atoms with Gasteiger partial charge in [0.2, 0.25) is 5.91 Å². The Morgan fingerprint density at radius 3 is 2.60 bits per heavy atom. The molecule has 1 fully saturated rings. The summed E-state index contributed by atoms with van der Waals surface area (Å²) in [5.41, 5.74) is 5.84.